The molecule has 0 saturated heterocycles. The molecule has 0 bridgehead atoms. The Labute approximate surface area is 124 Å². The van der Waals surface area contributed by atoms with Crippen LogP contribution in [0.15, 0.2) is 35.5 Å². The number of fused-ring (bicyclic) bond motifs is 1. The first kappa shape index (κ1) is 14.5. The second-order valence-corrected chi connectivity index (χ2v) is 4.94. The summed E-state index contributed by atoms with van der Waals surface area (Å²) in [5.74, 6) is 0. The Hall–Kier alpha value is -1.95. The summed E-state index contributed by atoms with van der Waals surface area (Å²) in [4.78, 5) is 3.90. The summed E-state index contributed by atoms with van der Waals surface area (Å²) in [6, 6.07) is 10.4. The Kier molecular flexibility index (Phi) is 5.49. The van der Waals surface area contributed by atoms with Crippen molar-refractivity contribution in [3.8, 4) is 6.07 Å². The van der Waals surface area contributed by atoms with Crippen LogP contribution in [0.25, 0.3) is 10.8 Å². The van der Waals surface area contributed by atoms with Crippen LogP contribution in [0.3, 0.4) is 0 Å². The smallest absolute Gasteiger partial charge is 0.128 e. The van der Waals surface area contributed by atoms with Crippen molar-refractivity contribution in [1.82, 2.24) is 4.57 Å². The lowest BCUT2D eigenvalue weighted by Gasteiger charge is -2.04. The summed E-state index contributed by atoms with van der Waals surface area (Å²) in [7, 11) is 0. The molecule has 0 unspecified atom stereocenters. The number of aliphatic imine (C=N–C) groups is 1. The predicted octanol–water partition coefficient (Wildman–Crippen LogP) is 4.18. The van der Waals surface area contributed by atoms with Gasteiger partial charge in [0.25, 0.3) is 0 Å². The molecule has 20 heavy (non-hydrogen) atoms. The molecule has 0 amide bonds. The van der Waals surface area contributed by atoms with Crippen molar-refractivity contribution in [3.05, 3.63) is 36.2 Å². The molecule has 0 aliphatic heterocycles. The molecule has 1 aromatic carbocycles. The number of rotatable bonds is 7. The lowest BCUT2D eigenvalue weighted by Crippen LogP contribution is -1.99. The maximum atomic E-state index is 9.31. The molecular formula is C16H17N3S. The quantitative estimate of drug-likeness (QED) is 0.434. The van der Waals surface area contributed by atoms with Gasteiger partial charge in [-0.2, -0.15) is 5.26 Å². The van der Waals surface area contributed by atoms with Crippen molar-refractivity contribution in [2.75, 3.05) is 6.54 Å². The number of isothiocyanates is 1. The molecule has 0 atom stereocenters. The van der Waals surface area contributed by atoms with E-state index in [1.807, 2.05) is 18.2 Å². The van der Waals surface area contributed by atoms with Gasteiger partial charge in [0.1, 0.15) is 11.8 Å². The molecule has 0 aliphatic carbocycles. The Morgan fingerprint density at radius 3 is 2.75 bits per heavy atom. The molecule has 0 fully saturated rings. The van der Waals surface area contributed by atoms with E-state index in [0.717, 1.165) is 55.2 Å². The normalized spacial score (nSPS) is 10.2. The van der Waals surface area contributed by atoms with Crippen molar-refractivity contribution >= 4 is 28.2 Å². The first-order valence-corrected chi connectivity index (χ1v) is 7.29. The minimum Gasteiger partial charge on any atom is -0.338 e. The zero-order valence-corrected chi connectivity index (χ0v) is 12.2. The fourth-order valence-corrected chi connectivity index (χ4v) is 2.48. The first-order valence-electron chi connectivity index (χ1n) is 6.88. The molecule has 0 saturated carbocycles. The first-order chi connectivity index (χ1) is 9.86. The third-order valence-electron chi connectivity index (χ3n) is 3.39. The van der Waals surface area contributed by atoms with E-state index >= 15 is 0 Å². The molecule has 3 nitrogen and oxygen atoms in total. The zero-order chi connectivity index (χ0) is 14.2. The van der Waals surface area contributed by atoms with E-state index in [-0.39, 0.29) is 0 Å². The summed E-state index contributed by atoms with van der Waals surface area (Å²) < 4.78 is 2.07. The van der Waals surface area contributed by atoms with Crippen LogP contribution in [-0.2, 0) is 6.54 Å². The summed E-state index contributed by atoms with van der Waals surface area (Å²) >= 11 is 4.53. The average Bonchev–Trinajstić information content (AvgIpc) is 2.83. The second-order valence-electron chi connectivity index (χ2n) is 4.76. The number of aromatic nitrogens is 1. The number of unbranched alkanes of at least 4 members (excludes halogenated alkanes) is 3. The highest BCUT2D eigenvalue weighted by atomic mass is 32.1. The number of thiocarbonyl (C=S) groups is 1. The van der Waals surface area contributed by atoms with E-state index in [1.54, 1.807) is 0 Å². The highest BCUT2D eigenvalue weighted by molar-refractivity contribution is 7.78. The number of hydrogen-bond donors (Lipinski definition) is 0. The zero-order valence-electron chi connectivity index (χ0n) is 11.4. The predicted molar refractivity (Wildman–Crippen MR) is 85.0 cm³/mol. The van der Waals surface area contributed by atoms with E-state index in [4.69, 9.17) is 0 Å². The Morgan fingerprint density at radius 2 is 1.95 bits per heavy atom. The molecule has 0 aliphatic rings. The van der Waals surface area contributed by atoms with Crippen LogP contribution >= 0.6 is 12.2 Å². The van der Waals surface area contributed by atoms with Gasteiger partial charge in [-0.15, -0.1) is 0 Å². The van der Waals surface area contributed by atoms with Gasteiger partial charge in [-0.1, -0.05) is 37.1 Å². The average molecular weight is 283 g/mol. The van der Waals surface area contributed by atoms with E-state index < -0.39 is 0 Å². The molecule has 4 heteroatoms. The topological polar surface area (TPSA) is 41.1 Å². The minimum absolute atomic E-state index is 0.769. The lowest BCUT2D eigenvalue weighted by molar-refractivity contribution is 0.575. The molecule has 2 aromatic rings. The van der Waals surface area contributed by atoms with E-state index in [0.29, 0.717) is 0 Å². The molecule has 0 radical (unpaired) electrons. The monoisotopic (exact) mass is 283 g/mol. The van der Waals surface area contributed by atoms with Gasteiger partial charge in [0.15, 0.2) is 0 Å². The second kappa shape index (κ2) is 7.59. The van der Waals surface area contributed by atoms with Gasteiger partial charge in [-0.05, 0) is 25.1 Å². The number of hydrogen-bond acceptors (Lipinski definition) is 3. The van der Waals surface area contributed by atoms with Crippen LogP contribution in [0, 0.1) is 11.3 Å². The Bertz CT molecular complexity index is 660. The largest absolute Gasteiger partial charge is 0.338 e. The maximum Gasteiger partial charge on any atom is 0.128 e. The van der Waals surface area contributed by atoms with E-state index in [2.05, 4.69) is 45.3 Å². The van der Waals surface area contributed by atoms with Crippen molar-refractivity contribution in [2.24, 2.45) is 4.99 Å². The molecular weight excluding hydrogens is 266 g/mol. The third-order valence-corrected chi connectivity index (χ3v) is 3.52. The molecule has 102 valence electrons. The Morgan fingerprint density at radius 1 is 1.15 bits per heavy atom. The van der Waals surface area contributed by atoms with Gasteiger partial charge in [-0.3, -0.25) is 0 Å². The fourth-order valence-electron chi connectivity index (χ4n) is 2.39. The fraction of sp³-hybridized carbons (Fsp3) is 0.375. The van der Waals surface area contributed by atoms with Gasteiger partial charge >= 0.3 is 0 Å². The van der Waals surface area contributed by atoms with Gasteiger partial charge in [0, 0.05) is 30.1 Å². The summed E-state index contributed by atoms with van der Waals surface area (Å²) in [6.07, 6.45) is 6.50. The van der Waals surface area contributed by atoms with Crippen molar-refractivity contribution in [2.45, 2.75) is 32.2 Å². The molecule has 0 spiro atoms. The SMILES string of the molecule is N#Cc1c2ccccc2cn1CCCCCCN=C=S. The van der Waals surface area contributed by atoms with Gasteiger partial charge < -0.3 is 4.57 Å². The molecule has 2 rings (SSSR count). The van der Waals surface area contributed by atoms with Crippen LogP contribution in [0.1, 0.15) is 31.4 Å². The van der Waals surface area contributed by atoms with Crippen LogP contribution in [0.4, 0.5) is 0 Å². The highest BCUT2D eigenvalue weighted by Gasteiger charge is 2.07. The summed E-state index contributed by atoms with van der Waals surface area (Å²) in [5, 5.41) is 13.9. The van der Waals surface area contributed by atoms with Crippen LogP contribution in [0.2, 0.25) is 0 Å². The van der Waals surface area contributed by atoms with Crippen LogP contribution in [0.5, 0.6) is 0 Å². The van der Waals surface area contributed by atoms with E-state index in [1.165, 1.54) is 0 Å². The summed E-state index contributed by atoms with van der Waals surface area (Å²) in [5.41, 5.74) is 0.769. The number of nitrogens with zero attached hydrogens (tertiary/aromatic N) is 3. The third kappa shape index (κ3) is 3.54. The molecule has 1 heterocycles. The molecule has 1 aromatic heterocycles. The van der Waals surface area contributed by atoms with Crippen molar-refractivity contribution in [3.63, 3.8) is 0 Å². The van der Waals surface area contributed by atoms with Crippen LogP contribution in [-0.4, -0.2) is 16.3 Å². The van der Waals surface area contributed by atoms with E-state index in [9.17, 15) is 5.26 Å². The lowest BCUT2D eigenvalue weighted by atomic mass is 10.2. The van der Waals surface area contributed by atoms with Crippen molar-refractivity contribution in [1.29, 1.82) is 5.26 Å². The number of aryl methyl sites for hydroxylation is 1. The number of nitriles is 1. The highest BCUT2D eigenvalue weighted by Crippen LogP contribution is 2.21. The minimum atomic E-state index is 0.769. The summed E-state index contributed by atoms with van der Waals surface area (Å²) in [6.45, 7) is 1.67. The van der Waals surface area contributed by atoms with Crippen molar-refractivity contribution < 1.29 is 0 Å². The van der Waals surface area contributed by atoms with Gasteiger partial charge in [-0.25, -0.2) is 4.99 Å². The van der Waals surface area contributed by atoms with Gasteiger partial charge in [0.05, 0.1) is 5.16 Å². The standard InChI is InChI=1S/C16H17N3S/c17-11-16-15-8-4-3-7-14(15)12-19(16)10-6-2-1-5-9-18-13-20/h3-4,7-8,12H,1-2,5-6,9-10H2. The van der Waals surface area contributed by atoms with Gasteiger partial charge in [0.2, 0.25) is 0 Å². The Balaban J connectivity index is 1.90. The maximum absolute atomic E-state index is 9.31. The van der Waals surface area contributed by atoms with Crippen LogP contribution < -0.4 is 0 Å². The molecule has 0 N–H and O–H groups in total. The number of benzene rings is 1.